The summed E-state index contributed by atoms with van der Waals surface area (Å²) in [4.78, 5) is 23.9. The van der Waals surface area contributed by atoms with Gasteiger partial charge in [0.2, 0.25) is 0 Å². The molecule has 0 bridgehead atoms. The highest BCUT2D eigenvalue weighted by Gasteiger charge is 2.51. The van der Waals surface area contributed by atoms with Crippen molar-refractivity contribution in [2.75, 3.05) is 26.4 Å². The molecule has 0 radical (unpaired) electrons. The van der Waals surface area contributed by atoms with Crippen molar-refractivity contribution in [3.05, 3.63) is 35.9 Å². The van der Waals surface area contributed by atoms with Crippen molar-refractivity contribution in [2.45, 2.75) is 123 Å². The van der Waals surface area contributed by atoms with Crippen LogP contribution in [-0.4, -0.2) is 87.2 Å². The Morgan fingerprint density at radius 2 is 1.67 bits per heavy atom. The Balaban J connectivity index is 1.30. The first-order valence-electron chi connectivity index (χ1n) is 16.5. The van der Waals surface area contributed by atoms with E-state index in [0.29, 0.717) is 26.2 Å². The second-order valence-electron chi connectivity index (χ2n) is 13.5. The number of rotatable bonds is 12. The van der Waals surface area contributed by atoms with Crippen LogP contribution in [0.15, 0.2) is 30.3 Å². The van der Waals surface area contributed by atoms with Crippen LogP contribution in [0.3, 0.4) is 0 Å². The summed E-state index contributed by atoms with van der Waals surface area (Å²) in [6, 6.07) is 9.79. The quantitative estimate of drug-likeness (QED) is 0.230. The number of hydrogen-bond donors (Lipinski definition) is 1. The number of alkyl carbamates (subject to hydrolysis) is 1. The van der Waals surface area contributed by atoms with E-state index in [4.69, 9.17) is 37.9 Å². The van der Waals surface area contributed by atoms with Gasteiger partial charge in [0.25, 0.3) is 0 Å². The lowest BCUT2D eigenvalue weighted by molar-refractivity contribution is -0.367. The summed E-state index contributed by atoms with van der Waals surface area (Å²) in [6.07, 6.45) is -3.48. The Morgan fingerprint density at radius 1 is 0.935 bits per heavy atom. The van der Waals surface area contributed by atoms with Gasteiger partial charge in [-0.2, -0.15) is 0 Å². The number of hydrogen-bond acceptors (Lipinski definition) is 10. The molecule has 1 N–H and O–H groups in total. The molecule has 1 amide bonds. The molecule has 3 heterocycles. The van der Waals surface area contributed by atoms with Crippen LogP contribution in [0.1, 0.15) is 79.6 Å². The van der Waals surface area contributed by atoms with E-state index < -0.39 is 67.4 Å². The monoisotopic (exact) mass is 653 g/mol. The van der Waals surface area contributed by atoms with Crippen molar-refractivity contribution >= 4 is 12.1 Å². The average Bonchev–Trinajstić information content (AvgIpc) is 3.01. The number of carbonyl (C=O) groups excluding carboxylic acids is 2. The highest BCUT2D eigenvalue weighted by molar-refractivity contribution is 5.67. The van der Waals surface area contributed by atoms with Gasteiger partial charge in [-0.25, -0.2) is 9.18 Å². The summed E-state index contributed by atoms with van der Waals surface area (Å²) in [5.41, 5.74) is 0.395. The van der Waals surface area contributed by atoms with E-state index in [1.807, 2.05) is 65.0 Å². The van der Waals surface area contributed by atoms with Crippen LogP contribution in [0.2, 0.25) is 0 Å². The molecule has 3 aliphatic rings. The summed E-state index contributed by atoms with van der Waals surface area (Å²) >= 11 is 0. The van der Waals surface area contributed by atoms with Crippen molar-refractivity contribution in [2.24, 2.45) is 17.8 Å². The highest BCUT2D eigenvalue weighted by atomic mass is 19.1. The van der Waals surface area contributed by atoms with Crippen LogP contribution in [-0.2, 0) is 42.7 Å². The van der Waals surface area contributed by atoms with Gasteiger partial charge in [-0.1, -0.05) is 51.1 Å². The highest BCUT2D eigenvalue weighted by Crippen LogP contribution is 2.41. The molecule has 0 spiro atoms. The van der Waals surface area contributed by atoms with E-state index in [0.717, 1.165) is 18.4 Å². The average molecular weight is 654 g/mol. The molecule has 46 heavy (non-hydrogen) atoms. The van der Waals surface area contributed by atoms with Crippen LogP contribution in [0.25, 0.3) is 0 Å². The molecule has 0 aromatic heterocycles. The molecular formula is C34H52FNO10. The maximum absolute atomic E-state index is 14.5. The first kappa shape index (κ1) is 36.5. The molecule has 1 aromatic carbocycles. The Hall–Kier alpha value is -2.35. The van der Waals surface area contributed by atoms with Gasteiger partial charge < -0.3 is 43.2 Å². The number of fused-ring (bicyclic) bond motifs is 1. The van der Waals surface area contributed by atoms with Crippen LogP contribution >= 0.6 is 0 Å². The lowest BCUT2D eigenvalue weighted by Gasteiger charge is -2.50. The fourth-order valence-corrected chi connectivity index (χ4v) is 6.10. The zero-order valence-electron chi connectivity index (χ0n) is 28.1. The van der Waals surface area contributed by atoms with Crippen molar-refractivity contribution in [3.63, 3.8) is 0 Å². The third-order valence-electron chi connectivity index (χ3n) is 8.71. The second kappa shape index (κ2) is 16.7. The largest absolute Gasteiger partial charge is 0.457 e. The number of alkyl halides is 1. The molecule has 1 aromatic rings. The number of esters is 1. The Labute approximate surface area is 272 Å². The van der Waals surface area contributed by atoms with E-state index in [9.17, 15) is 14.0 Å². The standard InChI is InChI=1S/C34H52FNO10/c1-20-21(2)30(43-26-19-40-31(45-27(20)26)24-14-10-8-11-15-24)44-28-22(3)29(41-23(4)37)32(42-25(28)18-35)39-17-13-9-12-16-36-33(38)46-34(5,6)7/h8,10-11,14-15,20-22,25-32H,9,12-13,16-19H2,1-7H3,(H,36,38)/t20-,21?,22+,25?,26?,27-,28+,29?,30+,31?,32-/m1/s1. The van der Waals surface area contributed by atoms with Crippen molar-refractivity contribution in [3.8, 4) is 0 Å². The number of ether oxygens (including phenoxy) is 8. The van der Waals surface area contributed by atoms with Gasteiger partial charge in [-0.05, 0) is 46.0 Å². The predicted molar refractivity (Wildman–Crippen MR) is 165 cm³/mol. The van der Waals surface area contributed by atoms with Gasteiger partial charge in [0.1, 0.15) is 24.5 Å². The Morgan fingerprint density at radius 3 is 2.35 bits per heavy atom. The molecular weight excluding hydrogens is 601 g/mol. The van der Waals surface area contributed by atoms with Crippen LogP contribution < -0.4 is 5.32 Å². The smallest absolute Gasteiger partial charge is 0.407 e. The molecule has 4 rings (SSSR count). The fourth-order valence-electron chi connectivity index (χ4n) is 6.10. The Bertz CT molecular complexity index is 1100. The van der Waals surface area contributed by atoms with Crippen molar-refractivity contribution in [1.29, 1.82) is 0 Å². The van der Waals surface area contributed by atoms with Gasteiger partial charge in [0, 0.05) is 37.5 Å². The Kier molecular flexibility index (Phi) is 13.2. The second-order valence-corrected chi connectivity index (χ2v) is 13.5. The maximum Gasteiger partial charge on any atom is 0.407 e. The summed E-state index contributed by atoms with van der Waals surface area (Å²) < 4.78 is 62.6. The van der Waals surface area contributed by atoms with E-state index in [1.165, 1.54) is 6.92 Å². The first-order valence-corrected chi connectivity index (χ1v) is 16.5. The molecule has 12 heteroatoms. The van der Waals surface area contributed by atoms with Crippen molar-refractivity contribution < 1.29 is 51.9 Å². The fraction of sp³-hybridized carbons (Fsp3) is 0.765. The molecule has 11 atom stereocenters. The molecule has 3 aliphatic heterocycles. The number of halogens is 1. The molecule has 0 aliphatic carbocycles. The number of amides is 1. The number of benzene rings is 1. The maximum atomic E-state index is 14.5. The van der Waals surface area contributed by atoms with Crippen LogP contribution in [0.4, 0.5) is 9.18 Å². The summed E-state index contributed by atoms with van der Waals surface area (Å²) in [7, 11) is 0. The SMILES string of the molecule is CC(=O)OC1[C@H](OCCCCCNC(=O)OC(C)(C)C)OC(CF)[C@@H](O[C@@H]2OC3COC(c4ccccc4)O[C@@H]3[C@H](C)C2C)[C@@H]1C. The summed E-state index contributed by atoms with van der Waals surface area (Å²) in [5, 5.41) is 2.73. The summed E-state index contributed by atoms with van der Waals surface area (Å²) in [5.74, 6) is -0.981. The van der Waals surface area contributed by atoms with E-state index in [-0.39, 0.29) is 24.0 Å². The summed E-state index contributed by atoms with van der Waals surface area (Å²) in [6.45, 7) is 13.0. The van der Waals surface area contributed by atoms with Gasteiger partial charge in [-0.3, -0.25) is 4.79 Å². The van der Waals surface area contributed by atoms with Gasteiger partial charge in [0.05, 0.1) is 18.8 Å². The van der Waals surface area contributed by atoms with E-state index in [1.54, 1.807) is 0 Å². The van der Waals surface area contributed by atoms with Crippen molar-refractivity contribution in [1.82, 2.24) is 5.32 Å². The normalized spacial score (nSPS) is 34.7. The van der Waals surface area contributed by atoms with E-state index >= 15 is 0 Å². The minimum Gasteiger partial charge on any atom is -0.457 e. The third-order valence-corrected chi connectivity index (χ3v) is 8.71. The first-order chi connectivity index (χ1) is 21.9. The zero-order chi connectivity index (χ0) is 33.4. The minimum absolute atomic E-state index is 0.0576. The minimum atomic E-state index is -0.956. The van der Waals surface area contributed by atoms with Gasteiger partial charge in [0.15, 0.2) is 25.0 Å². The van der Waals surface area contributed by atoms with Gasteiger partial charge in [-0.15, -0.1) is 0 Å². The zero-order valence-corrected chi connectivity index (χ0v) is 28.1. The van der Waals surface area contributed by atoms with Crippen LogP contribution in [0.5, 0.6) is 0 Å². The topological polar surface area (TPSA) is 120 Å². The lowest BCUT2D eigenvalue weighted by atomic mass is 9.83. The van der Waals surface area contributed by atoms with E-state index in [2.05, 4.69) is 12.2 Å². The van der Waals surface area contributed by atoms with Gasteiger partial charge >= 0.3 is 12.1 Å². The molecule has 3 saturated heterocycles. The molecule has 0 saturated carbocycles. The molecule has 11 nitrogen and oxygen atoms in total. The third kappa shape index (κ3) is 9.84. The number of unbranched alkanes of at least 4 members (excludes halogenated alkanes) is 2. The molecule has 3 fully saturated rings. The van der Waals surface area contributed by atoms with Crippen LogP contribution in [0, 0.1) is 17.8 Å². The number of carbonyl (C=O) groups is 2. The lowest BCUT2D eigenvalue weighted by Crippen LogP contribution is -2.60. The molecule has 5 unspecified atom stereocenters. The number of nitrogens with one attached hydrogen (secondary N) is 1. The predicted octanol–water partition coefficient (Wildman–Crippen LogP) is 5.46. The molecule has 260 valence electrons.